The fourth-order valence-corrected chi connectivity index (χ4v) is 4.43. The number of nitrogens with zero attached hydrogens (tertiary/aromatic N) is 3. The van der Waals surface area contributed by atoms with Crippen molar-refractivity contribution in [2.75, 3.05) is 18.3 Å². The second-order valence-corrected chi connectivity index (χ2v) is 8.36. The van der Waals surface area contributed by atoms with Gasteiger partial charge in [-0.1, -0.05) is 46.7 Å². The van der Waals surface area contributed by atoms with Crippen LogP contribution in [0.3, 0.4) is 0 Å². The van der Waals surface area contributed by atoms with Crippen LogP contribution in [0.4, 0.5) is 5.69 Å². The fraction of sp³-hybridized carbons (Fsp3) is 0.238. The molecule has 30 heavy (non-hydrogen) atoms. The van der Waals surface area contributed by atoms with Gasteiger partial charge in [0.1, 0.15) is 5.75 Å². The van der Waals surface area contributed by atoms with E-state index in [0.717, 1.165) is 10.0 Å². The summed E-state index contributed by atoms with van der Waals surface area (Å²) >= 11 is 4.85. The van der Waals surface area contributed by atoms with Gasteiger partial charge in [-0.25, -0.2) is 4.90 Å². The zero-order valence-electron chi connectivity index (χ0n) is 16.7. The average molecular weight is 488 g/mol. The Hall–Kier alpha value is -2.65. The summed E-state index contributed by atoms with van der Waals surface area (Å²) in [7, 11) is 1.58. The Labute approximate surface area is 186 Å². The number of H-pyrrole nitrogens is 1. The second kappa shape index (κ2) is 8.23. The van der Waals surface area contributed by atoms with Crippen molar-refractivity contribution in [3.8, 4) is 17.0 Å². The maximum absolute atomic E-state index is 13.2. The van der Waals surface area contributed by atoms with Gasteiger partial charge in [0.2, 0.25) is 11.1 Å². The van der Waals surface area contributed by atoms with Crippen LogP contribution < -0.4 is 19.9 Å². The van der Waals surface area contributed by atoms with Gasteiger partial charge in [0, 0.05) is 16.0 Å². The summed E-state index contributed by atoms with van der Waals surface area (Å²) in [4.78, 5) is 30.8. The predicted octanol–water partition coefficient (Wildman–Crippen LogP) is 3.52. The van der Waals surface area contributed by atoms with E-state index in [1.54, 1.807) is 16.7 Å². The third kappa shape index (κ3) is 3.31. The molecule has 1 unspecified atom stereocenters. The first-order valence-corrected chi connectivity index (χ1v) is 11.4. The van der Waals surface area contributed by atoms with E-state index >= 15 is 0 Å². The van der Waals surface area contributed by atoms with Crippen molar-refractivity contribution in [2.45, 2.75) is 24.7 Å². The SMILES string of the molecule is CCC(=O)N1c2ccccc2-c2c(=O)[nH]c(SC)n[n+]2C1c1cc(Br)ccc1OC. The van der Waals surface area contributed by atoms with Crippen molar-refractivity contribution >= 4 is 39.3 Å². The average Bonchev–Trinajstić information content (AvgIpc) is 2.77. The molecule has 1 amide bonds. The van der Waals surface area contributed by atoms with E-state index < -0.39 is 6.17 Å². The van der Waals surface area contributed by atoms with Gasteiger partial charge in [-0.15, -0.1) is 0 Å². The highest BCUT2D eigenvalue weighted by Gasteiger charge is 2.46. The van der Waals surface area contributed by atoms with Crippen molar-refractivity contribution in [1.29, 1.82) is 0 Å². The summed E-state index contributed by atoms with van der Waals surface area (Å²) in [5.41, 5.74) is 2.19. The predicted molar refractivity (Wildman–Crippen MR) is 119 cm³/mol. The number of ether oxygens (including phenoxy) is 1. The standard InChI is InChI=1S/C21H19BrN4O3S/c1-4-17(27)25-15-8-6-5-7-13(15)18-19(28)23-21(30-3)24-26(18)20(25)14-11-12(22)9-10-16(14)29-2/h5-11,20H,4H2,1-3H3/p+1. The number of carbonyl (C=O) groups is 1. The minimum absolute atomic E-state index is 0.0830. The van der Waals surface area contributed by atoms with Gasteiger partial charge in [0.15, 0.2) is 0 Å². The van der Waals surface area contributed by atoms with E-state index in [1.165, 1.54) is 11.8 Å². The normalized spacial score (nSPS) is 14.8. The number of hydrogen-bond acceptors (Lipinski definition) is 5. The molecule has 1 aromatic heterocycles. The number of aromatic nitrogens is 3. The molecule has 1 aliphatic heterocycles. The van der Waals surface area contributed by atoms with Crippen molar-refractivity contribution in [3.05, 3.63) is 62.9 Å². The summed E-state index contributed by atoms with van der Waals surface area (Å²) in [6.45, 7) is 1.82. The maximum atomic E-state index is 13.2. The minimum atomic E-state index is -0.678. The van der Waals surface area contributed by atoms with Gasteiger partial charge in [-0.3, -0.25) is 14.6 Å². The van der Waals surface area contributed by atoms with Crippen LogP contribution >= 0.6 is 27.7 Å². The van der Waals surface area contributed by atoms with Gasteiger partial charge >= 0.3 is 11.3 Å². The summed E-state index contributed by atoms with van der Waals surface area (Å²) in [6.07, 6.45) is 1.46. The largest absolute Gasteiger partial charge is 0.496 e. The number of aromatic amines is 1. The second-order valence-electron chi connectivity index (χ2n) is 6.65. The van der Waals surface area contributed by atoms with Crippen LogP contribution in [-0.2, 0) is 4.79 Å². The lowest BCUT2D eigenvalue weighted by Gasteiger charge is -2.32. The number of thioether (sulfide) groups is 1. The molecular formula is C21H20BrN4O3S+. The maximum Gasteiger partial charge on any atom is 0.325 e. The smallest absolute Gasteiger partial charge is 0.325 e. The number of para-hydroxylation sites is 1. The molecule has 1 aliphatic rings. The molecule has 7 nitrogen and oxygen atoms in total. The highest BCUT2D eigenvalue weighted by molar-refractivity contribution is 9.10. The third-order valence-electron chi connectivity index (χ3n) is 4.99. The number of methoxy groups -OCH3 is 1. The number of amides is 1. The number of fused-ring (bicyclic) bond motifs is 3. The Morgan fingerprint density at radius 2 is 2.10 bits per heavy atom. The quantitative estimate of drug-likeness (QED) is 0.449. The van der Waals surface area contributed by atoms with E-state index in [4.69, 9.17) is 4.74 Å². The van der Waals surface area contributed by atoms with Crippen LogP contribution in [0, 0.1) is 0 Å². The molecule has 1 atom stereocenters. The molecule has 0 radical (unpaired) electrons. The van der Waals surface area contributed by atoms with Crippen molar-refractivity contribution in [1.82, 2.24) is 10.1 Å². The van der Waals surface area contributed by atoms with Crippen LogP contribution in [0.15, 0.2) is 56.9 Å². The first-order valence-electron chi connectivity index (χ1n) is 9.35. The molecule has 0 spiro atoms. The van der Waals surface area contributed by atoms with Gasteiger partial charge in [-0.05, 0) is 41.3 Å². The summed E-state index contributed by atoms with van der Waals surface area (Å²) in [6, 6.07) is 13.0. The lowest BCUT2D eigenvalue weighted by atomic mass is 10.0. The monoisotopic (exact) mass is 487 g/mol. The number of rotatable bonds is 4. The number of carbonyl (C=O) groups excluding carboxylic acids is 1. The molecule has 2 heterocycles. The molecule has 154 valence electrons. The number of halogens is 1. The van der Waals surface area contributed by atoms with Gasteiger partial charge in [-0.2, -0.15) is 0 Å². The number of nitrogens with one attached hydrogen (secondary N) is 1. The molecule has 0 saturated heterocycles. The molecule has 9 heteroatoms. The van der Waals surface area contributed by atoms with E-state index in [1.807, 2.05) is 55.6 Å². The van der Waals surface area contributed by atoms with Gasteiger partial charge in [0.25, 0.3) is 6.17 Å². The fourth-order valence-electron chi connectivity index (χ4n) is 3.69. The molecule has 3 aromatic rings. The number of anilines is 1. The third-order valence-corrected chi connectivity index (χ3v) is 6.06. The molecule has 1 N–H and O–H groups in total. The van der Waals surface area contributed by atoms with Crippen LogP contribution in [0.1, 0.15) is 25.1 Å². The molecule has 0 saturated carbocycles. The van der Waals surface area contributed by atoms with Gasteiger partial charge in [0.05, 0.1) is 23.9 Å². The Kier molecular flexibility index (Phi) is 5.66. The van der Waals surface area contributed by atoms with Crippen LogP contribution in [-0.4, -0.2) is 29.4 Å². The first-order chi connectivity index (χ1) is 14.5. The lowest BCUT2D eigenvalue weighted by Crippen LogP contribution is -2.60. The zero-order valence-corrected chi connectivity index (χ0v) is 19.1. The highest BCUT2D eigenvalue weighted by atomic mass is 79.9. The Balaban J connectivity index is 2.13. The highest BCUT2D eigenvalue weighted by Crippen LogP contribution is 2.40. The molecule has 0 aliphatic carbocycles. The molecule has 2 aromatic carbocycles. The molecule has 0 fully saturated rings. The van der Waals surface area contributed by atoms with Crippen molar-refractivity contribution in [2.24, 2.45) is 0 Å². The lowest BCUT2D eigenvalue weighted by molar-refractivity contribution is -0.763. The number of hydrogen-bond donors (Lipinski definition) is 1. The van der Waals surface area contributed by atoms with E-state index in [2.05, 4.69) is 26.0 Å². The van der Waals surface area contributed by atoms with E-state index in [9.17, 15) is 9.59 Å². The van der Waals surface area contributed by atoms with Crippen molar-refractivity contribution in [3.63, 3.8) is 0 Å². The number of benzene rings is 2. The first kappa shape index (κ1) is 20.6. The van der Waals surface area contributed by atoms with E-state index in [0.29, 0.717) is 34.3 Å². The minimum Gasteiger partial charge on any atom is -0.496 e. The van der Waals surface area contributed by atoms with Crippen LogP contribution in [0.2, 0.25) is 0 Å². The Morgan fingerprint density at radius 3 is 2.80 bits per heavy atom. The Bertz CT molecular complexity index is 1200. The summed E-state index contributed by atoms with van der Waals surface area (Å²) in [5, 5.41) is 5.14. The zero-order chi connectivity index (χ0) is 21.4. The van der Waals surface area contributed by atoms with Crippen LogP contribution in [0.5, 0.6) is 5.75 Å². The summed E-state index contributed by atoms with van der Waals surface area (Å²) < 4.78 is 8.08. The molecule has 0 bridgehead atoms. The van der Waals surface area contributed by atoms with Gasteiger partial charge < -0.3 is 4.74 Å². The van der Waals surface area contributed by atoms with E-state index in [-0.39, 0.29) is 11.5 Å². The van der Waals surface area contributed by atoms with Crippen LogP contribution in [0.25, 0.3) is 11.3 Å². The Morgan fingerprint density at radius 1 is 1.33 bits per heavy atom. The topological polar surface area (TPSA) is 79.2 Å². The summed E-state index contributed by atoms with van der Waals surface area (Å²) in [5.74, 6) is 0.517. The van der Waals surface area contributed by atoms with Crippen molar-refractivity contribution < 1.29 is 14.2 Å². The molecular weight excluding hydrogens is 468 g/mol. The molecule has 4 rings (SSSR count).